The smallest absolute Gasteiger partial charge is 0.234 e. The molecule has 0 aromatic carbocycles. The van der Waals surface area contributed by atoms with Gasteiger partial charge in [0.25, 0.3) is 0 Å². The maximum Gasteiger partial charge on any atom is 0.234 e. The lowest BCUT2D eigenvalue weighted by Gasteiger charge is -2.05. The van der Waals surface area contributed by atoms with Gasteiger partial charge in [0, 0.05) is 12.5 Å². The van der Waals surface area contributed by atoms with Crippen LogP contribution in [0.2, 0.25) is 0 Å². The minimum absolute atomic E-state index is 0.0864. The van der Waals surface area contributed by atoms with Gasteiger partial charge in [-0.25, -0.2) is 8.42 Å². The molecule has 0 spiro atoms. The Morgan fingerprint density at radius 3 is 2.46 bits per heavy atom. The summed E-state index contributed by atoms with van der Waals surface area (Å²) in [6, 6.07) is -0.0879. The van der Waals surface area contributed by atoms with E-state index in [2.05, 4.69) is 0 Å². The van der Waals surface area contributed by atoms with Crippen molar-refractivity contribution in [3.63, 3.8) is 0 Å². The third kappa shape index (κ3) is 6.53. The van der Waals surface area contributed by atoms with Gasteiger partial charge in [-0.2, -0.15) is 0 Å². The molecule has 1 atom stereocenters. The molecule has 0 bridgehead atoms. The highest BCUT2D eigenvalue weighted by Crippen LogP contribution is 1.94. The fourth-order valence-electron chi connectivity index (χ4n) is 0.655. The number of hydrogen-bond acceptors (Lipinski definition) is 4. The Labute approximate surface area is 78.7 Å². The second-order valence-corrected chi connectivity index (χ2v) is 4.96. The molecule has 0 aromatic heterocycles. The monoisotopic (exact) mass is 208 g/mol. The molecule has 6 heteroatoms. The second kappa shape index (κ2) is 5.18. The van der Waals surface area contributed by atoms with Crippen LogP contribution in [0.1, 0.15) is 26.7 Å². The number of hydrogen-bond donors (Lipinski definition) is 2. The molecule has 0 aromatic rings. The highest BCUT2D eigenvalue weighted by atomic mass is 32.2. The summed E-state index contributed by atoms with van der Waals surface area (Å²) in [5, 5.41) is 0. The van der Waals surface area contributed by atoms with E-state index in [1.807, 2.05) is 4.72 Å². The van der Waals surface area contributed by atoms with Gasteiger partial charge in [-0.1, -0.05) is 0 Å². The molecule has 5 nitrogen and oxygen atoms in total. The van der Waals surface area contributed by atoms with Crippen LogP contribution in [-0.2, 0) is 14.8 Å². The van der Waals surface area contributed by atoms with Crippen LogP contribution in [0, 0.1) is 0 Å². The SMILES string of the molecule is CCS(=O)(=O)NC(=O)CCC(C)N. The van der Waals surface area contributed by atoms with E-state index in [0.717, 1.165) is 0 Å². The van der Waals surface area contributed by atoms with Gasteiger partial charge < -0.3 is 5.73 Å². The molecule has 1 amide bonds. The maximum absolute atomic E-state index is 11.0. The Morgan fingerprint density at radius 2 is 2.08 bits per heavy atom. The van der Waals surface area contributed by atoms with E-state index in [4.69, 9.17) is 5.73 Å². The average molecular weight is 208 g/mol. The molecule has 0 rings (SSSR count). The third-order valence-electron chi connectivity index (χ3n) is 1.48. The topological polar surface area (TPSA) is 89.3 Å². The number of rotatable bonds is 5. The summed E-state index contributed by atoms with van der Waals surface area (Å²) in [4.78, 5) is 11.0. The van der Waals surface area contributed by atoms with Gasteiger partial charge in [-0.05, 0) is 20.3 Å². The first-order valence-corrected chi connectivity index (χ1v) is 5.81. The molecule has 0 heterocycles. The lowest BCUT2D eigenvalue weighted by atomic mass is 10.2. The quantitative estimate of drug-likeness (QED) is 0.642. The second-order valence-electron chi connectivity index (χ2n) is 2.94. The molecular weight excluding hydrogens is 192 g/mol. The van der Waals surface area contributed by atoms with Gasteiger partial charge in [0.2, 0.25) is 15.9 Å². The van der Waals surface area contributed by atoms with Crippen molar-refractivity contribution in [3.8, 4) is 0 Å². The Morgan fingerprint density at radius 1 is 1.54 bits per heavy atom. The molecule has 0 aliphatic rings. The summed E-state index contributed by atoms with van der Waals surface area (Å²) in [5.41, 5.74) is 5.41. The molecule has 0 radical (unpaired) electrons. The molecular formula is C7H16N2O3S. The minimum Gasteiger partial charge on any atom is -0.328 e. The fraction of sp³-hybridized carbons (Fsp3) is 0.857. The van der Waals surface area contributed by atoms with Gasteiger partial charge in [0.05, 0.1) is 5.75 Å². The van der Waals surface area contributed by atoms with E-state index in [1.54, 1.807) is 6.92 Å². The number of nitrogens with two attached hydrogens (primary N) is 1. The van der Waals surface area contributed by atoms with E-state index in [1.165, 1.54) is 6.92 Å². The van der Waals surface area contributed by atoms with Crippen molar-refractivity contribution in [2.24, 2.45) is 5.73 Å². The standard InChI is InChI=1S/C7H16N2O3S/c1-3-13(11,12)9-7(10)5-4-6(2)8/h6H,3-5,8H2,1-2H3,(H,9,10). The van der Waals surface area contributed by atoms with Crippen molar-refractivity contribution in [3.05, 3.63) is 0 Å². The number of carbonyl (C=O) groups is 1. The third-order valence-corrected chi connectivity index (χ3v) is 2.77. The first-order valence-electron chi connectivity index (χ1n) is 4.16. The first kappa shape index (κ1) is 12.4. The van der Waals surface area contributed by atoms with Crippen molar-refractivity contribution in [2.45, 2.75) is 32.7 Å². The predicted molar refractivity (Wildman–Crippen MR) is 50.5 cm³/mol. The van der Waals surface area contributed by atoms with Crippen LogP contribution in [0.3, 0.4) is 0 Å². The number of carbonyl (C=O) groups excluding carboxylic acids is 1. The normalized spacial score (nSPS) is 13.8. The van der Waals surface area contributed by atoms with E-state index in [0.29, 0.717) is 6.42 Å². The summed E-state index contributed by atoms with van der Waals surface area (Å²) >= 11 is 0. The Kier molecular flexibility index (Phi) is 4.94. The Bertz CT molecular complexity index is 259. The van der Waals surface area contributed by atoms with Crippen LogP contribution < -0.4 is 10.5 Å². The molecule has 78 valence electrons. The van der Waals surface area contributed by atoms with E-state index in [9.17, 15) is 13.2 Å². The van der Waals surface area contributed by atoms with Crippen molar-refractivity contribution in [2.75, 3.05) is 5.75 Å². The van der Waals surface area contributed by atoms with Gasteiger partial charge in [-0.3, -0.25) is 9.52 Å². The zero-order valence-corrected chi connectivity index (χ0v) is 8.73. The van der Waals surface area contributed by atoms with Gasteiger partial charge in [0.1, 0.15) is 0 Å². The van der Waals surface area contributed by atoms with Gasteiger partial charge >= 0.3 is 0 Å². The molecule has 0 saturated carbocycles. The molecule has 13 heavy (non-hydrogen) atoms. The zero-order chi connectivity index (χ0) is 10.5. The fourth-order valence-corrected chi connectivity index (χ4v) is 1.25. The summed E-state index contributed by atoms with van der Waals surface area (Å²) in [7, 11) is -3.41. The van der Waals surface area contributed by atoms with Gasteiger partial charge in [-0.15, -0.1) is 0 Å². The summed E-state index contributed by atoms with van der Waals surface area (Å²) in [6.45, 7) is 3.24. The van der Waals surface area contributed by atoms with Crippen molar-refractivity contribution >= 4 is 15.9 Å². The molecule has 1 unspecified atom stereocenters. The Balaban J connectivity index is 3.89. The molecule has 0 aliphatic heterocycles. The van der Waals surface area contributed by atoms with Crippen LogP contribution in [0.5, 0.6) is 0 Å². The van der Waals surface area contributed by atoms with Crippen LogP contribution >= 0.6 is 0 Å². The van der Waals surface area contributed by atoms with Crippen LogP contribution in [-0.4, -0.2) is 26.1 Å². The van der Waals surface area contributed by atoms with Crippen molar-refractivity contribution in [1.82, 2.24) is 4.72 Å². The van der Waals surface area contributed by atoms with Crippen molar-refractivity contribution in [1.29, 1.82) is 0 Å². The largest absolute Gasteiger partial charge is 0.328 e. The lowest BCUT2D eigenvalue weighted by Crippen LogP contribution is -2.32. The Hall–Kier alpha value is -0.620. The zero-order valence-electron chi connectivity index (χ0n) is 7.91. The highest BCUT2D eigenvalue weighted by Gasteiger charge is 2.11. The lowest BCUT2D eigenvalue weighted by molar-refractivity contribution is -0.119. The minimum atomic E-state index is -3.41. The molecule has 0 fully saturated rings. The maximum atomic E-state index is 11.0. The predicted octanol–water partition coefficient (Wildman–Crippen LogP) is -0.420. The first-order chi connectivity index (χ1) is 5.87. The number of sulfonamides is 1. The van der Waals surface area contributed by atoms with E-state index >= 15 is 0 Å². The average Bonchev–Trinajstić information content (AvgIpc) is 2.00. The summed E-state index contributed by atoms with van der Waals surface area (Å²) < 4.78 is 23.7. The van der Waals surface area contributed by atoms with Crippen molar-refractivity contribution < 1.29 is 13.2 Å². The van der Waals surface area contributed by atoms with Gasteiger partial charge in [0.15, 0.2) is 0 Å². The van der Waals surface area contributed by atoms with E-state index < -0.39 is 15.9 Å². The summed E-state index contributed by atoms with van der Waals surface area (Å²) in [5.74, 6) is -0.573. The molecule has 0 saturated heterocycles. The molecule has 0 aliphatic carbocycles. The van der Waals surface area contributed by atoms with Crippen LogP contribution in [0.15, 0.2) is 0 Å². The van der Waals surface area contributed by atoms with Crippen LogP contribution in [0.25, 0.3) is 0 Å². The number of nitrogens with one attached hydrogen (secondary N) is 1. The molecule has 3 N–H and O–H groups in total. The summed E-state index contributed by atoms with van der Waals surface area (Å²) in [6.07, 6.45) is 0.641. The highest BCUT2D eigenvalue weighted by molar-refractivity contribution is 7.90. The van der Waals surface area contributed by atoms with E-state index in [-0.39, 0.29) is 18.2 Å². The number of amides is 1. The van der Waals surface area contributed by atoms with Crippen LogP contribution in [0.4, 0.5) is 0 Å².